The molecular formula is C23H26N2O4. The number of fused-ring (bicyclic) bond motifs is 1. The lowest BCUT2D eigenvalue weighted by Crippen LogP contribution is -2.45. The van der Waals surface area contributed by atoms with Gasteiger partial charge >= 0.3 is 0 Å². The number of likely N-dealkylation sites (N-methyl/N-ethyl adjacent to an activating group) is 1. The number of rotatable bonds is 5. The van der Waals surface area contributed by atoms with E-state index in [2.05, 4.69) is 16.7 Å². The van der Waals surface area contributed by atoms with Crippen LogP contribution in [-0.4, -0.2) is 60.5 Å². The summed E-state index contributed by atoms with van der Waals surface area (Å²) in [5.41, 5.74) is 2.00. The Morgan fingerprint density at radius 3 is 2.62 bits per heavy atom. The van der Waals surface area contributed by atoms with Crippen molar-refractivity contribution in [3.8, 4) is 17.2 Å². The Hall–Kier alpha value is -2.83. The average molecular weight is 394 g/mol. The van der Waals surface area contributed by atoms with Crippen molar-refractivity contribution < 1.29 is 19.4 Å². The van der Waals surface area contributed by atoms with Gasteiger partial charge in [0.25, 0.3) is 0 Å². The molecule has 2 aromatic carbocycles. The van der Waals surface area contributed by atoms with Crippen molar-refractivity contribution in [2.45, 2.75) is 13.5 Å². The van der Waals surface area contributed by atoms with E-state index in [4.69, 9.17) is 9.47 Å². The minimum Gasteiger partial charge on any atom is -0.507 e. The molecule has 1 fully saturated rings. The van der Waals surface area contributed by atoms with Gasteiger partial charge in [0.2, 0.25) is 5.78 Å². The van der Waals surface area contributed by atoms with Crippen molar-refractivity contribution in [3.05, 3.63) is 58.8 Å². The van der Waals surface area contributed by atoms with Crippen LogP contribution in [0.3, 0.4) is 0 Å². The van der Waals surface area contributed by atoms with E-state index in [1.165, 1.54) is 0 Å². The lowest BCUT2D eigenvalue weighted by molar-refractivity contribution is 0.101. The summed E-state index contributed by atoms with van der Waals surface area (Å²) < 4.78 is 11.2. The highest BCUT2D eigenvalue weighted by Crippen LogP contribution is 2.40. The first kappa shape index (κ1) is 19.5. The van der Waals surface area contributed by atoms with Crippen LogP contribution in [-0.2, 0) is 6.54 Å². The van der Waals surface area contributed by atoms with Crippen LogP contribution in [0, 0.1) is 0 Å². The fourth-order valence-corrected chi connectivity index (χ4v) is 3.82. The molecule has 0 spiro atoms. The molecule has 0 atom stereocenters. The van der Waals surface area contributed by atoms with Crippen molar-refractivity contribution >= 4 is 11.9 Å². The minimum atomic E-state index is -0.167. The third-order valence-electron chi connectivity index (χ3n) is 5.60. The van der Waals surface area contributed by atoms with Crippen LogP contribution in [0.5, 0.6) is 17.2 Å². The van der Waals surface area contributed by atoms with E-state index in [9.17, 15) is 9.90 Å². The SMILES string of the molecule is CCN1CCN(Cc2c(O)ccc3c2O/C(=C\c2cccc(OC)c2)C3=O)CC1. The van der Waals surface area contributed by atoms with Crippen LogP contribution in [0.1, 0.15) is 28.4 Å². The molecular weight excluding hydrogens is 368 g/mol. The summed E-state index contributed by atoms with van der Waals surface area (Å²) in [6.07, 6.45) is 1.71. The maximum atomic E-state index is 12.9. The van der Waals surface area contributed by atoms with Gasteiger partial charge in [0.05, 0.1) is 18.2 Å². The molecule has 4 rings (SSSR count). The number of carbonyl (C=O) groups excluding carboxylic acids is 1. The third-order valence-corrected chi connectivity index (χ3v) is 5.60. The van der Waals surface area contributed by atoms with Crippen LogP contribution >= 0.6 is 0 Å². The van der Waals surface area contributed by atoms with Gasteiger partial charge in [-0.25, -0.2) is 0 Å². The summed E-state index contributed by atoms with van der Waals surface area (Å²) >= 11 is 0. The number of nitrogens with zero attached hydrogens (tertiary/aromatic N) is 2. The number of Topliss-reactive ketones (excluding diaryl/α,β-unsaturated/α-hetero) is 1. The van der Waals surface area contributed by atoms with Gasteiger partial charge in [0.15, 0.2) is 5.76 Å². The fraction of sp³-hybridized carbons (Fsp3) is 0.348. The van der Waals surface area contributed by atoms with E-state index in [0.29, 0.717) is 29.2 Å². The standard InChI is InChI=1S/C23H26N2O4/c1-3-24-9-11-25(12-10-24)15-19-20(26)8-7-18-22(27)21(29-23(18)19)14-16-5-4-6-17(13-16)28-2/h4-8,13-14,26H,3,9-12,15H2,1-2H3/b21-14-. The number of piperazine rings is 1. The van der Waals surface area contributed by atoms with Gasteiger partial charge in [-0.2, -0.15) is 0 Å². The number of phenolic OH excluding ortho intramolecular Hbond substituents is 1. The highest BCUT2D eigenvalue weighted by atomic mass is 16.5. The summed E-state index contributed by atoms with van der Waals surface area (Å²) in [6.45, 7) is 7.65. The monoisotopic (exact) mass is 394 g/mol. The first-order valence-corrected chi connectivity index (χ1v) is 9.97. The smallest absolute Gasteiger partial charge is 0.231 e. The quantitative estimate of drug-likeness (QED) is 0.786. The highest BCUT2D eigenvalue weighted by Gasteiger charge is 2.32. The lowest BCUT2D eigenvalue weighted by Gasteiger charge is -2.34. The zero-order valence-corrected chi connectivity index (χ0v) is 16.9. The summed E-state index contributed by atoms with van der Waals surface area (Å²) in [5.74, 6) is 1.45. The van der Waals surface area contributed by atoms with Gasteiger partial charge < -0.3 is 19.5 Å². The Labute approximate surface area is 171 Å². The molecule has 1 N–H and O–H groups in total. The summed E-state index contributed by atoms with van der Waals surface area (Å²) in [5, 5.41) is 10.5. The Morgan fingerprint density at radius 1 is 1.14 bits per heavy atom. The molecule has 0 radical (unpaired) electrons. The normalized spacial score (nSPS) is 18.7. The number of methoxy groups -OCH3 is 1. The van der Waals surface area contributed by atoms with Gasteiger partial charge in [-0.3, -0.25) is 9.69 Å². The van der Waals surface area contributed by atoms with E-state index in [1.54, 1.807) is 25.3 Å². The second-order valence-corrected chi connectivity index (χ2v) is 7.37. The molecule has 6 nitrogen and oxygen atoms in total. The molecule has 2 aliphatic rings. The zero-order chi connectivity index (χ0) is 20.4. The minimum absolute atomic E-state index is 0.164. The third kappa shape index (κ3) is 3.99. The number of aromatic hydroxyl groups is 1. The van der Waals surface area contributed by atoms with Gasteiger partial charge in [0.1, 0.15) is 17.2 Å². The van der Waals surface area contributed by atoms with Crippen LogP contribution in [0.15, 0.2) is 42.2 Å². The molecule has 1 saturated heterocycles. The number of hydrogen-bond acceptors (Lipinski definition) is 6. The number of hydrogen-bond donors (Lipinski definition) is 1. The van der Waals surface area contributed by atoms with E-state index in [-0.39, 0.29) is 17.3 Å². The molecule has 2 aliphatic heterocycles. The Bertz CT molecular complexity index is 946. The molecule has 2 heterocycles. The second kappa shape index (κ2) is 8.27. The van der Waals surface area contributed by atoms with Crippen molar-refractivity contribution in [2.75, 3.05) is 39.8 Å². The van der Waals surface area contributed by atoms with Crippen molar-refractivity contribution in [2.24, 2.45) is 0 Å². The first-order chi connectivity index (χ1) is 14.1. The van der Waals surface area contributed by atoms with Gasteiger partial charge in [0, 0.05) is 32.7 Å². The first-order valence-electron chi connectivity index (χ1n) is 9.97. The number of allylic oxidation sites excluding steroid dienone is 1. The molecule has 0 saturated carbocycles. The van der Waals surface area contributed by atoms with Crippen molar-refractivity contribution in [1.82, 2.24) is 9.80 Å². The average Bonchev–Trinajstić information content (AvgIpc) is 3.06. The maximum Gasteiger partial charge on any atom is 0.231 e. The molecule has 152 valence electrons. The zero-order valence-electron chi connectivity index (χ0n) is 16.9. The number of ether oxygens (including phenoxy) is 2. The second-order valence-electron chi connectivity index (χ2n) is 7.37. The van der Waals surface area contributed by atoms with E-state index < -0.39 is 0 Å². The molecule has 0 amide bonds. The van der Waals surface area contributed by atoms with Crippen LogP contribution in [0.4, 0.5) is 0 Å². The van der Waals surface area contributed by atoms with E-state index in [0.717, 1.165) is 38.3 Å². The highest BCUT2D eigenvalue weighted by molar-refractivity contribution is 6.15. The van der Waals surface area contributed by atoms with Gasteiger partial charge in [-0.05, 0) is 42.4 Å². The van der Waals surface area contributed by atoms with Crippen molar-refractivity contribution in [3.63, 3.8) is 0 Å². The van der Waals surface area contributed by atoms with Gasteiger partial charge in [-0.15, -0.1) is 0 Å². The molecule has 0 aliphatic carbocycles. The summed E-state index contributed by atoms with van der Waals surface area (Å²) in [4.78, 5) is 17.6. The number of phenols is 1. The molecule has 0 aromatic heterocycles. The Kier molecular flexibility index (Phi) is 5.56. The van der Waals surface area contributed by atoms with Crippen LogP contribution in [0.2, 0.25) is 0 Å². The van der Waals surface area contributed by atoms with Crippen LogP contribution in [0.25, 0.3) is 6.08 Å². The van der Waals surface area contributed by atoms with Crippen molar-refractivity contribution in [1.29, 1.82) is 0 Å². The van der Waals surface area contributed by atoms with E-state index >= 15 is 0 Å². The number of ketones is 1. The Morgan fingerprint density at radius 2 is 1.90 bits per heavy atom. The van der Waals surface area contributed by atoms with E-state index in [1.807, 2.05) is 24.3 Å². The maximum absolute atomic E-state index is 12.9. The van der Waals surface area contributed by atoms with Gasteiger partial charge in [-0.1, -0.05) is 19.1 Å². The fourth-order valence-electron chi connectivity index (χ4n) is 3.82. The molecule has 6 heteroatoms. The topological polar surface area (TPSA) is 62.2 Å². The predicted molar refractivity (Wildman–Crippen MR) is 111 cm³/mol. The summed E-state index contributed by atoms with van der Waals surface area (Å²) in [6, 6.07) is 10.7. The molecule has 0 unspecified atom stereocenters. The summed E-state index contributed by atoms with van der Waals surface area (Å²) in [7, 11) is 1.61. The number of benzene rings is 2. The Balaban J connectivity index is 1.58. The van der Waals surface area contributed by atoms with Crippen LogP contribution < -0.4 is 9.47 Å². The molecule has 0 bridgehead atoms. The largest absolute Gasteiger partial charge is 0.507 e. The predicted octanol–water partition coefficient (Wildman–Crippen LogP) is 3.15. The molecule has 2 aromatic rings. The molecule has 29 heavy (non-hydrogen) atoms. The lowest BCUT2D eigenvalue weighted by atomic mass is 10.0. The number of carbonyl (C=O) groups is 1.